The predicted octanol–water partition coefficient (Wildman–Crippen LogP) is 19.2. The molecule has 10 heterocycles. The lowest BCUT2D eigenvalue weighted by atomic mass is 9.76. The quantitative estimate of drug-likeness (QED) is 0.0581. The Hall–Kier alpha value is -9.20. The molecule has 6 aromatic rings. The highest BCUT2D eigenvalue weighted by Crippen LogP contribution is 2.53. The van der Waals surface area contributed by atoms with E-state index in [1.807, 2.05) is 83.1 Å². The molecule has 2 aromatic carbocycles. The number of aromatic nitrogens is 4. The molecule has 0 fully saturated rings. The van der Waals surface area contributed by atoms with E-state index >= 15 is 53.5 Å². The molecule has 4 N–H and O–H groups in total. The van der Waals surface area contributed by atoms with Gasteiger partial charge in [-0.2, -0.15) is 0 Å². The van der Waals surface area contributed by atoms with Crippen LogP contribution < -0.4 is 0 Å². The monoisotopic (exact) mass is 1320 g/mol. The number of Topliss-reactive ketones (excluding diaryl/α,β-unsaturated/α-hetero) is 2. The molecule has 6 aliphatic rings. The number of halogens is 10. The zero-order valence-electron chi connectivity index (χ0n) is 56.4. The van der Waals surface area contributed by atoms with Crippen molar-refractivity contribution in [2.75, 3.05) is 0 Å². The molecule has 12 rings (SSSR count). The van der Waals surface area contributed by atoms with Gasteiger partial charge < -0.3 is 19.9 Å². The van der Waals surface area contributed by atoms with Crippen molar-refractivity contribution in [3.63, 3.8) is 0 Å². The minimum absolute atomic E-state index is 0.0912. The Bertz CT molecular complexity index is 4620. The summed E-state index contributed by atoms with van der Waals surface area (Å²) < 4.78 is 164. The molecule has 0 spiro atoms. The number of aliphatic imine (C=N–C) groups is 4. The number of allylic oxidation sites excluding steroid dienone is 10. The lowest BCUT2D eigenvalue weighted by Gasteiger charge is -2.29. The van der Waals surface area contributed by atoms with E-state index in [1.54, 1.807) is 39.8 Å². The molecule has 498 valence electrons. The Morgan fingerprint density at radius 3 is 0.917 bits per heavy atom. The number of fused-ring (bicyclic) bond motifs is 12. The highest BCUT2D eigenvalue weighted by Gasteiger charge is 2.45. The zero-order valence-corrected chi connectivity index (χ0v) is 56.4. The summed E-state index contributed by atoms with van der Waals surface area (Å²) in [5, 5.41) is 0. The van der Waals surface area contributed by atoms with Gasteiger partial charge in [0, 0.05) is 33.9 Å². The third-order valence-corrected chi connectivity index (χ3v) is 20.8. The number of carbonyl (C=O) groups excluding carboxylic acids is 2. The fourth-order valence-electron chi connectivity index (χ4n) is 15.8. The van der Waals surface area contributed by atoms with Crippen LogP contribution in [-0.2, 0) is 25.7 Å². The van der Waals surface area contributed by atoms with Crippen LogP contribution in [0.15, 0.2) is 99.5 Å². The molecule has 0 saturated heterocycles. The van der Waals surface area contributed by atoms with Crippen LogP contribution in [0.5, 0.6) is 0 Å². The van der Waals surface area contributed by atoms with E-state index in [0.29, 0.717) is 125 Å². The SMILES string of the molecule is CCC1=C(C)/C2=C/C3=NC(=C(/c4c(F)c(F)c(F)c(F)c4F)c4[nH]c(c(CC)c4C)C(C4c5[nH]c(c(CC)c5C)C(=O)C5=N/C(=C\C6=NC(=C(/c7c(F)c(F)c(F)c(F)c7F)c7[nH]c4c(CC)c7C)/C(C)=C6CC)C(C)=C5CC)c4[nH]c(c(CC)c4C)C(=O)C1=N2)/C(C)=C3CC. The van der Waals surface area contributed by atoms with Gasteiger partial charge in [-0.1, -0.05) is 55.4 Å². The minimum atomic E-state index is -2.38. The van der Waals surface area contributed by atoms with Crippen molar-refractivity contribution < 1.29 is 53.5 Å². The first-order chi connectivity index (χ1) is 45.6. The number of ketones is 2. The van der Waals surface area contributed by atoms with Crippen molar-refractivity contribution in [3.8, 4) is 0 Å². The van der Waals surface area contributed by atoms with Gasteiger partial charge in [0.15, 0.2) is 46.5 Å². The van der Waals surface area contributed by atoms with Gasteiger partial charge >= 0.3 is 0 Å². The summed E-state index contributed by atoms with van der Waals surface area (Å²) in [6, 6.07) is 0. The number of carbonyl (C=O) groups is 2. The van der Waals surface area contributed by atoms with Gasteiger partial charge in [0.05, 0.1) is 79.9 Å². The molecule has 2 atom stereocenters. The third kappa shape index (κ3) is 9.47. The molecule has 6 aliphatic heterocycles. The largest absolute Gasteiger partial charge is 0.357 e. The first kappa shape index (κ1) is 66.8. The van der Waals surface area contributed by atoms with Crippen LogP contribution in [0.1, 0.15) is 231 Å². The van der Waals surface area contributed by atoms with Crippen molar-refractivity contribution in [1.82, 2.24) is 19.9 Å². The summed E-state index contributed by atoms with van der Waals surface area (Å²) in [5.74, 6) is -25.5. The number of hydrogen-bond donors (Lipinski definition) is 4. The van der Waals surface area contributed by atoms with Crippen molar-refractivity contribution >= 4 is 45.6 Å². The van der Waals surface area contributed by atoms with Crippen LogP contribution in [0.3, 0.4) is 0 Å². The molecular formula is C76H72F10N8O2. The molecule has 2 unspecified atom stereocenters. The first-order valence-electron chi connectivity index (χ1n) is 32.7. The maximum atomic E-state index is 17.3. The molecule has 20 heteroatoms. The summed E-state index contributed by atoms with van der Waals surface area (Å²) in [5.41, 5.74) is 7.25. The van der Waals surface area contributed by atoms with Gasteiger partial charge in [0.2, 0.25) is 23.2 Å². The number of rotatable bonds is 11. The lowest BCUT2D eigenvalue weighted by Crippen LogP contribution is -2.21. The average Bonchev–Trinajstić information content (AvgIpc) is 1.54. The molecule has 0 aliphatic carbocycles. The summed E-state index contributed by atoms with van der Waals surface area (Å²) in [7, 11) is 0. The Balaban J connectivity index is 1.33. The molecule has 16 bridgehead atoms. The zero-order chi connectivity index (χ0) is 69.6. The number of H-pyrrole nitrogens is 4. The first-order valence-corrected chi connectivity index (χ1v) is 32.7. The van der Waals surface area contributed by atoms with Crippen molar-refractivity contribution in [2.24, 2.45) is 20.0 Å². The predicted molar refractivity (Wildman–Crippen MR) is 354 cm³/mol. The fraction of sp³-hybridized carbons (Fsp3) is 0.342. The van der Waals surface area contributed by atoms with Gasteiger partial charge in [0.1, 0.15) is 11.4 Å². The summed E-state index contributed by atoms with van der Waals surface area (Å²) in [6.45, 7) is 28.7. The Kier molecular flexibility index (Phi) is 17.0. The van der Waals surface area contributed by atoms with Gasteiger partial charge in [-0.15, -0.1) is 0 Å². The molecule has 4 aromatic heterocycles. The highest BCUT2D eigenvalue weighted by atomic mass is 19.2. The smallest absolute Gasteiger partial charge is 0.228 e. The van der Waals surface area contributed by atoms with E-state index in [0.717, 1.165) is 0 Å². The van der Waals surface area contributed by atoms with Crippen LogP contribution in [0.4, 0.5) is 43.9 Å². The topological polar surface area (TPSA) is 147 Å². The maximum absolute atomic E-state index is 17.3. The van der Waals surface area contributed by atoms with Crippen molar-refractivity contribution in [3.05, 3.63) is 239 Å². The normalized spacial score (nSPS) is 20.8. The van der Waals surface area contributed by atoms with Crippen LogP contribution in [0.25, 0.3) is 11.1 Å². The minimum Gasteiger partial charge on any atom is -0.357 e. The number of nitrogens with zero attached hydrogens (tertiary/aromatic N) is 4. The third-order valence-electron chi connectivity index (χ3n) is 20.8. The highest BCUT2D eigenvalue weighted by molar-refractivity contribution is 6.53. The second kappa shape index (κ2) is 24.5. The molecule has 96 heavy (non-hydrogen) atoms. The van der Waals surface area contributed by atoms with E-state index in [4.69, 9.17) is 20.0 Å². The molecule has 10 nitrogen and oxygen atoms in total. The standard InChI is InChI=1S/C76H72F10N8O2/c1-17-35-29(11)63-49(47-53(77)57(81)61(85)58(82)54(47)78)65-31(13)39(21-5)69(91-65)51(67-33(15)41(23-7)73(93-67)75(95)71-37(19-3)27(9)43(87-71)25-45(35)89-63)52-68-34(16)42(24-8)74(94-68)76(96)72-38(20-4)28(10)44(88-72)26-46-36(18-2)30(12)64(90-46)50(66-32(14)40(22-6)70(52)92-66)48-55(79)59(83)62(86)60(84)56(48)80/h25-26,51-52,91-94H,17-24H2,1-16H3/b43-25-,44-26-,63-49-,64-50-. The number of hydrogen-bond acceptors (Lipinski definition) is 6. The van der Waals surface area contributed by atoms with Crippen molar-refractivity contribution in [2.45, 2.75) is 174 Å². The number of aromatic amines is 4. The van der Waals surface area contributed by atoms with Gasteiger partial charge in [-0.3, -0.25) is 9.59 Å². The number of benzene rings is 2. The Labute approximate surface area is 549 Å². The second-order valence-corrected chi connectivity index (χ2v) is 25.2. The summed E-state index contributed by atoms with van der Waals surface area (Å²) >= 11 is 0. The van der Waals surface area contributed by atoms with E-state index in [1.165, 1.54) is 0 Å². The van der Waals surface area contributed by atoms with E-state index < -0.39 is 104 Å². The molecular weight excluding hydrogens is 1250 g/mol. The van der Waals surface area contributed by atoms with E-state index in [9.17, 15) is 0 Å². The van der Waals surface area contributed by atoms with E-state index in [-0.39, 0.29) is 107 Å². The fourth-order valence-corrected chi connectivity index (χ4v) is 15.8. The number of nitrogens with one attached hydrogen (secondary N) is 4. The molecule has 0 amide bonds. The van der Waals surface area contributed by atoms with Crippen LogP contribution in [-0.4, -0.2) is 54.3 Å². The van der Waals surface area contributed by atoms with Crippen molar-refractivity contribution in [1.29, 1.82) is 0 Å². The van der Waals surface area contributed by atoms with Gasteiger partial charge in [0.25, 0.3) is 0 Å². The van der Waals surface area contributed by atoms with E-state index in [2.05, 4.69) is 19.9 Å². The Morgan fingerprint density at radius 2 is 0.625 bits per heavy atom. The maximum Gasteiger partial charge on any atom is 0.228 e. The Morgan fingerprint density at radius 1 is 0.333 bits per heavy atom. The molecule has 0 saturated carbocycles. The summed E-state index contributed by atoms with van der Waals surface area (Å²) in [6.07, 6.45) is 5.32. The molecule has 0 radical (unpaired) electrons. The second-order valence-electron chi connectivity index (χ2n) is 25.2. The van der Waals surface area contributed by atoms with Gasteiger partial charge in [-0.25, -0.2) is 63.9 Å². The van der Waals surface area contributed by atoms with Crippen LogP contribution in [0, 0.1) is 85.9 Å². The average molecular weight is 1320 g/mol. The van der Waals surface area contributed by atoms with Crippen LogP contribution >= 0.6 is 0 Å². The van der Waals surface area contributed by atoms with Gasteiger partial charge in [-0.05, 0) is 208 Å². The summed E-state index contributed by atoms with van der Waals surface area (Å²) in [4.78, 5) is 66.4. The van der Waals surface area contributed by atoms with Crippen LogP contribution in [0.2, 0.25) is 0 Å². The lowest BCUT2D eigenvalue weighted by molar-refractivity contribution is 0.105.